The standard InChI is InChI=1S/C9H18O3.C7H6ClO/c1-4-6-7-11-12-9(10)8(3)5-2;1-5-4-6(8)2-3-7(5)9/h8H,4-7H2,1-3H3;2-4H,1H3. The Kier molecular flexibility index (Phi) is 10.7. The van der Waals surface area contributed by atoms with Crippen LogP contribution in [0.15, 0.2) is 18.2 Å². The summed E-state index contributed by atoms with van der Waals surface area (Å²) in [6.07, 6.45) is 2.75. The van der Waals surface area contributed by atoms with Crippen LogP contribution in [0.3, 0.4) is 0 Å². The summed E-state index contributed by atoms with van der Waals surface area (Å²) in [5.74, 6) is -0.292. The average molecular weight is 316 g/mol. The van der Waals surface area contributed by atoms with E-state index in [4.69, 9.17) is 16.5 Å². The van der Waals surface area contributed by atoms with Crippen LogP contribution < -0.4 is 0 Å². The molecule has 4 nitrogen and oxygen atoms in total. The van der Waals surface area contributed by atoms with E-state index < -0.39 is 0 Å². The quantitative estimate of drug-likeness (QED) is 0.417. The van der Waals surface area contributed by atoms with Gasteiger partial charge in [-0.1, -0.05) is 38.8 Å². The molecule has 0 amide bonds. The molecule has 0 aromatic heterocycles. The minimum Gasteiger partial charge on any atom is -0.298 e. The van der Waals surface area contributed by atoms with Gasteiger partial charge in [-0.15, -0.1) is 0 Å². The van der Waals surface area contributed by atoms with Crippen molar-refractivity contribution in [3.8, 4) is 5.75 Å². The Morgan fingerprint density at radius 3 is 2.48 bits per heavy atom. The van der Waals surface area contributed by atoms with Crippen LogP contribution in [0.2, 0.25) is 5.02 Å². The summed E-state index contributed by atoms with van der Waals surface area (Å²) >= 11 is 5.58. The van der Waals surface area contributed by atoms with Crippen molar-refractivity contribution in [2.75, 3.05) is 6.61 Å². The molecule has 0 aliphatic rings. The van der Waals surface area contributed by atoms with E-state index in [1.165, 1.54) is 6.07 Å². The molecule has 1 aromatic rings. The fraction of sp³-hybridized carbons (Fsp3) is 0.562. The molecule has 1 aromatic carbocycles. The van der Waals surface area contributed by atoms with E-state index >= 15 is 0 Å². The van der Waals surface area contributed by atoms with Crippen LogP contribution in [0.1, 0.15) is 45.6 Å². The Balaban J connectivity index is 0.000000394. The molecule has 0 saturated heterocycles. The molecule has 0 heterocycles. The largest absolute Gasteiger partial charge is 0.345 e. The summed E-state index contributed by atoms with van der Waals surface area (Å²) in [5.41, 5.74) is 0.697. The SMILES string of the molecule is CCCCOOC(=O)C(C)CC.Cc1cc(Cl)ccc1[O]. The minimum absolute atomic E-state index is 0.0411. The highest BCUT2D eigenvalue weighted by Crippen LogP contribution is 2.20. The van der Waals surface area contributed by atoms with Crippen molar-refractivity contribution < 1.29 is 19.7 Å². The molecule has 0 saturated carbocycles. The molecule has 0 bridgehead atoms. The summed E-state index contributed by atoms with van der Waals surface area (Å²) in [4.78, 5) is 20.3. The number of unbranched alkanes of at least 4 members (excludes halogenated alkanes) is 1. The van der Waals surface area contributed by atoms with Gasteiger partial charge in [-0.05, 0) is 43.5 Å². The first-order valence-electron chi connectivity index (χ1n) is 7.18. The van der Waals surface area contributed by atoms with Gasteiger partial charge in [0.15, 0.2) is 5.75 Å². The molecule has 0 spiro atoms. The van der Waals surface area contributed by atoms with Crippen LogP contribution in [-0.4, -0.2) is 12.6 Å². The van der Waals surface area contributed by atoms with E-state index in [0.717, 1.165) is 19.3 Å². The maximum atomic E-state index is 11.0. The zero-order valence-corrected chi connectivity index (χ0v) is 13.9. The van der Waals surface area contributed by atoms with E-state index in [2.05, 4.69) is 11.8 Å². The van der Waals surface area contributed by atoms with Crippen molar-refractivity contribution in [3.05, 3.63) is 28.8 Å². The number of aryl methyl sites for hydroxylation is 1. The highest BCUT2D eigenvalue weighted by molar-refractivity contribution is 6.30. The summed E-state index contributed by atoms with van der Waals surface area (Å²) < 4.78 is 0. The second-order valence-corrected chi connectivity index (χ2v) is 5.23. The lowest BCUT2D eigenvalue weighted by molar-refractivity contribution is -0.276. The second-order valence-electron chi connectivity index (χ2n) is 4.80. The van der Waals surface area contributed by atoms with E-state index in [0.29, 0.717) is 17.2 Å². The first-order valence-corrected chi connectivity index (χ1v) is 7.56. The summed E-state index contributed by atoms with van der Waals surface area (Å²) in [5, 5.41) is 11.3. The number of carbonyl (C=O) groups is 1. The van der Waals surface area contributed by atoms with Crippen molar-refractivity contribution in [3.63, 3.8) is 0 Å². The lowest BCUT2D eigenvalue weighted by Crippen LogP contribution is -2.14. The van der Waals surface area contributed by atoms with Gasteiger partial charge in [0.2, 0.25) is 0 Å². The maximum absolute atomic E-state index is 11.0. The van der Waals surface area contributed by atoms with Crippen LogP contribution in [-0.2, 0) is 19.7 Å². The lowest BCUT2D eigenvalue weighted by Gasteiger charge is -2.06. The molecule has 119 valence electrons. The number of halogens is 1. The molecule has 5 heteroatoms. The van der Waals surface area contributed by atoms with E-state index in [-0.39, 0.29) is 17.6 Å². The Bertz CT molecular complexity index is 421. The van der Waals surface area contributed by atoms with Gasteiger partial charge in [-0.3, -0.25) is 9.99 Å². The Morgan fingerprint density at radius 2 is 2.00 bits per heavy atom. The van der Waals surface area contributed by atoms with Gasteiger partial charge in [0.25, 0.3) is 0 Å². The van der Waals surface area contributed by atoms with Gasteiger partial charge in [-0.2, -0.15) is 4.89 Å². The number of benzene rings is 1. The number of rotatable bonds is 6. The van der Waals surface area contributed by atoms with E-state index in [1.54, 1.807) is 19.1 Å². The molecular formula is C16H24ClO4. The predicted molar refractivity (Wildman–Crippen MR) is 82.7 cm³/mol. The first-order chi connectivity index (χ1) is 9.92. The van der Waals surface area contributed by atoms with Gasteiger partial charge in [0.05, 0.1) is 12.5 Å². The zero-order valence-electron chi connectivity index (χ0n) is 13.1. The van der Waals surface area contributed by atoms with Crippen molar-refractivity contribution in [2.24, 2.45) is 5.92 Å². The average Bonchev–Trinajstić information content (AvgIpc) is 2.47. The molecular weight excluding hydrogens is 292 g/mol. The molecule has 1 rings (SSSR count). The van der Waals surface area contributed by atoms with Crippen molar-refractivity contribution >= 4 is 17.6 Å². The highest BCUT2D eigenvalue weighted by atomic mass is 35.5. The van der Waals surface area contributed by atoms with E-state index in [9.17, 15) is 9.90 Å². The zero-order chi connectivity index (χ0) is 16.3. The third-order valence-corrected chi connectivity index (χ3v) is 3.11. The van der Waals surface area contributed by atoms with Crippen molar-refractivity contribution in [1.82, 2.24) is 0 Å². The lowest BCUT2D eigenvalue weighted by atomic mass is 10.1. The van der Waals surface area contributed by atoms with Crippen LogP contribution in [0.25, 0.3) is 0 Å². The van der Waals surface area contributed by atoms with Crippen LogP contribution in [0, 0.1) is 12.8 Å². The van der Waals surface area contributed by atoms with Crippen molar-refractivity contribution in [2.45, 2.75) is 47.0 Å². The van der Waals surface area contributed by atoms with Gasteiger partial charge >= 0.3 is 5.97 Å². The highest BCUT2D eigenvalue weighted by Gasteiger charge is 2.12. The monoisotopic (exact) mass is 315 g/mol. The van der Waals surface area contributed by atoms with Gasteiger partial charge < -0.3 is 0 Å². The van der Waals surface area contributed by atoms with Crippen LogP contribution in [0.4, 0.5) is 0 Å². The fourth-order valence-electron chi connectivity index (χ4n) is 1.16. The fourth-order valence-corrected chi connectivity index (χ4v) is 1.39. The molecule has 0 aliphatic carbocycles. The number of carbonyl (C=O) groups excluding carboxylic acids is 1. The van der Waals surface area contributed by atoms with Gasteiger partial charge in [0.1, 0.15) is 0 Å². The molecule has 0 aliphatic heterocycles. The smallest absolute Gasteiger partial charge is 0.298 e. The number of hydrogen-bond donors (Lipinski definition) is 0. The van der Waals surface area contributed by atoms with E-state index in [1.807, 2.05) is 13.8 Å². The molecule has 21 heavy (non-hydrogen) atoms. The van der Waals surface area contributed by atoms with Gasteiger partial charge in [0, 0.05) is 5.02 Å². The molecule has 1 unspecified atom stereocenters. The molecule has 1 radical (unpaired) electrons. The second kappa shape index (κ2) is 11.4. The number of hydrogen-bond acceptors (Lipinski definition) is 3. The Labute approximate surface area is 132 Å². The summed E-state index contributed by atoms with van der Waals surface area (Å²) in [6.45, 7) is 8.07. The molecule has 1 atom stereocenters. The van der Waals surface area contributed by atoms with Gasteiger partial charge in [-0.25, -0.2) is 4.79 Å². The van der Waals surface area contributed by atoms with Crippen LogP contribution >= 0.6 is 11.6 Å². The normalized spacial score (nSPS) is 11.3. The third kappa shape index (κ3) is 9.32. The third-order valence-electron chi connectivity index (χ3n) is 2.87. The first kappa shape index (κ1) is 19.7. The Hall–Kier alpha value is -1.26. The summed E-state index contributed by atoms with van der Waals surface area (Å²) in [6, 6.07) is 4.72. The molecule has 0 fully saturated rings. The minimum atomic E-state index is -0.270. The Morgan fingerprint density at radius 1 is 1.33 bits per heavy atom. The predicted octanol–water partition coefficient (Wildman–Crippen LogP) is 5.10. The summed E-state index contributed by atoms with van der Waals surface area (Å²) in [7, 11) is 0. The van der Waals surface area contributed by atoms with Crippen LogP contribution in [0.5, 0.6) is 5.75 Å². The molecule has 0 N–H and O–H groups in total. The van der Waals surface area contributed by atoms with Crippen molar-refractivity contribution in [1.29, 1.82) is 0 Å². The maximum Gasteiger partial charge on any atom is 0.345 e. The topological polar surface area (TPSA) is 55.4 Å².